The van der Waals surface area contributed by atoms with E-state index in [4.69, 9.17) is 4.74 Å². The van der Waals surface area contributed by atoms with Crippen molar-refractivity contribution in [3.63, 3.8) is 0 Å². The maximum Gasteiger partial charge on any atom is 0.124 e. The Morgan fingerprint density at radius 2 is 2.07 bits per heavy atom. The van der Waals surface area contributed by atoms with E-state index in [1.165, 1.54) is 50.8 Å². The number of unbranched alkanes of at least 4 members (excludes halogenated alkanes) is 1. The predicted octanol–water partition coefficient (Wildman–Crippen LogP) is 4.40. The first-order chi connectivity index (χ1) is 13.3. The third-order valence-electron chi connectivity index (χ3n) is 5.39. The molecule has 1 aromatic carbocycles. The molecule has 1 aliphatic rings. The number of aromatic nitrogens is 1. The van der Waals surface area contributed by atoms with Crippen LogP contribution < -0.4 is 10.1 Å². The zero-order valence-corrected chi connectivity index (χ0v) is 16.6. The van der Waals surface area contributed by atoms with E-state index in [-0.39, 0.29) is 0 Å². The zero-order chi connectivity index (χ0) is 18.7. The molecule has 4 nitrogen and oxygen atoms in total. The van der Waals surface area contributed by atoms with E-state index in [9.17, 15) is 0 Å². The number of benzene rings is 1. The van der Waals surface area contributed by atoms with Gasteiger partial charge in [0.05, 0.1) is 0 Å². The molecule has 1 fully saturated rings. The van der Waals surface area contributed by atoms with Crippen molar-refractivity contribution in [2.24, 2.45) is 0 Å². The Hall–Kier alpha value is -1.91. The number of para-hydroxylation sites is 1. The summed E-state index contributed by atoms with van der Waals surface area (Å²) in [5, 5.41) is 3.58. The lowest BCUT2D eigenvalue weighted by atomic mass is 10.0. The van der Waals surface area contributed by atoms with Crippen LogP contribution in [0.25, 0.3) is 0 Å². The maximum atomic E-state index is 6.01. The van der Waals surface area contributed by atoms with Gasteiger partial charge in [0, 0.05) is 36.1 Å². The normalized spacial score (nSPS) is 17.7. The highest BCUT2D eigenvalue weighted by molar-refractivity contribution is 5.33. The standard InChI is InChI=1S/C23H33N3O/c1-20-9-4-6-15-26(20)16-7-5-13-25-18-22-11-2-3-12-23(22)27-19-21-10-8-14-24-17-21/h2-3,8,10-12,14,17,20,25H,4-7,9,13,15-16,18-19H2,1H3. The lowest BCUT2D eigenvalue weighted by Gasteiger charge is -2.33. The van der Waals surface area contributed by atoms with Crippen molar-refractivity contribution >= 4 is 0 Å². The van der Waals surface area contributed by atoms with Crippen LogP contribution in [0.2, 0.25) is 0 Å². The Morgan fingerprint density at radius 1 is 1.15 bits per heavy atom. The summed E-state index contributed by atoms with van der Waals surface area (Å²) >= 11 is 0. The summed E-state index contributed by atoms with van der Waals surface area (Å²) in [7, 11) is 0. The van der Waals surface area contributed by atoms with Gasteiger partial charge >= 0.3 is 0 Å². The molecule has 0 spiro atoms. The molecule has 0 saturated carbocycles. The van der Waals surface area contributed by atoms with Crippen LogP contribution in [0, 0.1) is 0 Å². The number of nitrogens with zero attached hydrogens (tertiary/aromatic N) is 2. The molecule has 0 radical (unpaired) electrons. The number of nitrogens with one attached hydrogen (secondary N) is 1. The topological polar surface area (TPSA) is 37.4 Å². The lowest BCUT2D eigenvalue weighted by Crippen LogP contribution is -2.38. The van der Waals surface area contributed by atoms with Crippen molar-refractivity contribution in [2.75, 3.05) is 19.6 Å². The van der Waals surface area contributed by atoms with E-state index >= 15 is 0 Å². The van der Waals surface area contributed by atoms with Crippen LogP contribution in [-0.4, -0.2) is 35.6 Å². The molecule has 0 aliphatic carbocycles. The Kier molecular flexibility index (Phi) is 8.12. The first-order valence-corrected chi connectivity index (χ1v) is 10.4. The van der Waals surface area contributed by atoms with E-state index in [2.05, 4.69) is 34.3 Å². The molecule has 1 unspecified atom stereocenters. The van der Waals surface area contributed by atoms with Crippen LogP contribution in [0.5, 0.6) is 5.75 Å². The zero-order valence-electron chi connectivity index (χ0n) is 16.6. The van der Waals surface area contributed by atoms with E-state index in [0.29, 0.717) is 6.61 Å². The number of likely N-dealkylation sites (tertiary alicyclic amines) is 1. The second kappa shape index (κ2) is 11.1. The van der Waals surface area contributed by atoms with Gasteiger partial charge in [-0.25, -0.2) is 0 Å². The average Bonchev–Trinajstić information content (AvgIpc) is 2.72. The molecule has 1 N–H and O–H groups in total. The fraction of sp³-hybridized carbons (Fsp3) is 0.522. The van der Waals surface area contributed by atoms with Gasteiger partial charge in [0.25, 0.3) is 0 Å². The van der Waals surface area contributed by atoms with Gasteiger partial charge in [-0.05, 0) is 64.4 Å². The minimum Gasteiger partial charge on any atom is -0.489 e. The molecule has 1 saturated heterocycles. The number of piperidine rings is 1. The molecule has 2 aromatic rings. The van der Waals surface area contributed by atoms with Crippen LogP contribution in [0.4, 0.5) is 0 Å². The number of ether oxygens (including phenoxy) is 1. The third-order valence-corrected chi connectivity index (χ3v) is 5.39. The fourth-order valence-corrected chi connectivity index (χ4v) is 3.71. The van der Waals surface area contributed by atoms with Crippen molar-refractivity contribution in [1.29, 1.82) is 0 Å². The number of rotatable bonds is 10. The summed E-state index contributed by atoms with van der Waals surface area (Å²) in [6.07, 6.45) is 10.3. The minimum atomic E-state index is 0.554. The monoisotopic (exact) mass is 367 g/mol. The summed E-state index contributed by atoms with van der Waals surface area (Å²) < 4.78 is 6.01. The first kappa shape index (κ1) is 19.8. The molecular weight excluding hydrogens is 334 g/mol. The number of hydrogen-bond donors (Lipinski definition) is 1. The molecular formula is C23H33N3O. The van der Waals surface area contributed by atoms with Gasteiger partial charge in [0.1, 0.15) is 12.4 Å². The molecule has 4 heteroatoms. The molecule has 0 bridgehead atoms. The van der Waals surface area contributed by atoms with Crippen molar-refractivity contribution in [1.82, 2.24) is 15.2 Å². The fourth-order valence-electron chi connectivity index (χ4n) is 3.71. The highest BCUT2D eigenvalue weighted by Gasteiger charge is 2.16. The molecule has 1 aliphatic heterocycles. The molecule has 0 amide bonds. The van der Waals surface area contributed by atoms with Crippen LogP contribution >= 0.6 is 0 Å². The Bertz CT molecular complexity index is 662. The quantitative estimate of drug-likeness (QED) is 0.632. The Balaban J connectivity index is 1.35. The number of pyridine rings is 1. The molecule has 1 atom stereocenters. The minimum absolute atomic E-state index is 0.554. The second-order valence-electron chi connectivity index (χ2n) is 7.52. The van der Waals surface area contributed by atoms with E-state index < -0.39 is 0 Å². The van der Waals surface area contributed by atoms with E-state index in [0.717, 1.165) is 30.4 Å². The van der Waals surface area contributed by atoms with Crippen molar-refractivity contribution in [2.45, 2.75) is 58.2 Å². The van der Waals surface area contributed by atoms with Gasteiger partial charge in [0.2, 0.25) is 0 Å². The molecule has 2 heterocycles. The van der Waals surface area contributed by atoms with E-state index in [1.54, 1.807) is 6.20 Å². The van der Waals surface area contributed by atoms with Crippen molar-refractivity contribution in [3.8, 4) is 5.75 Å². The lowest BCUT2D eigenvalue weighted by molar-refractivity contribution is 0.158. The van der Waals surface area contributed by atoms with Gasteiger partial charge in [-0.2, -0.15) is 0 Å². The highest BCUT2D eigenvalue weighted by atomic mass is 16.5. The van der Waals surface area contributed by atoms with Crippen molar-refractivity contribution < 1.29 is 4.74 Å². The maximum absolute atomic E-state index is 6.01. The van der Waals surface area contributed by atoms with E-state index in [1.807, 2.05) is 30.5 Å². The highest BCUT2D eigenvalue weighted by Crippen LogP contribution is 2.19. The Labute approximate surface area is 164 Å². The van der Waals surface area contributed by atoms with Gasteiger partial charge in [-0.15, -0.1) is 0 Å². The molecule has 1 aromatic heterocycles. The van der Waals surface area contributed by atoms with Crippen molar-refractivity contribution in [3.05, 3.63) is 59.9 Å². The second-order valence-corrected chi connectivity index (χ2v) is 7.52. The molecule has 3 rings (SSSR count). The van der Waals surface area contributed by atoms with Crippen LogP contribution in [0.1, 0.15) is 50.2 Å². The average molecular weight is 368 g/mol. The predicted molar refractivity (Wildman–Crippen MR) is 111 cm³/mol. The van der Waals surface area contributed by atoms with Crippen LogP contribution in [-0.2, 0) is 13.2 Å². The number of hydrogen-bond acceptors (Lipinski definition) is 4. The SMILES string of the molecule is CC1CCCCN1CCCCNCc1ccccc1OCc1cccnc1. The summed E-state index contributed by atoms with van der Waals surface area (Å²) in [4.78, 5) is 6.80. The summed E-state index contributed by atoms with van der Waals surface area (Å²) in [5.74, 6) is 0.955. The smallest absolute Gasteiger partial charge is 0.124 e. The molecule has 146 valence electrons. The summed E-state index contributed by atoms with van der Waals surface area (Å²) in [5.41, 5.74) is 2.30. The van der Waals surface area contributed by atoms with Gasteiger partial charge in [-0.3, -0.25) is 4.98 Å². The Morgan fingerprint density at radius 3 is 2.93 bits per heavy atom. The molecule has 27 heavy (non-hydrogen) atoms. The largest absolute Gasteiger partial charge is 0.489 e. The van der Waals surface area contributed by atoms with Gasteiger partial charge in [-0.1, -0.05) is 30.7 Å². The van der Waals surface area contributed by atoms with Crippen LogP contribution in [0.3, 0.4) is 0 Å². The van der Waals surface area contributed by atoms with Crippen LogP contribution in [0.15, 0.2) is 48.8 Å². The first-order valence-electron chi connectivity index (χ1n) is 10.4. The van der Waals surface area contributed by atoms with Gasteiger partial charge < -0.3 is 15.0 Å². The third kappa shape index (κ3) is 6.64. The summed E-state index contributed by atoms with van der Waals surface area (Å²) in [6, 6.07) is 13.0. The van der Waals surface area contributed by atoms with Gasteiger partial charge in [0.15, 0.2) is 0 Å². The summed E-state index contributed by atoms with van der Waals surface area (Å²) in [6.45, 7) is 7.37.